The van der Waals surface area contributed by atoms with Crippen LogP contribution in [0.25, 0.3) is 0 Å². The van der Waals surface area contributed by atoms with E-state index in [2.05, 4.69) is 21.3 Å². The van der Waals surface area contributed by atoms with Gasteiger partial charge in [-0.05, 0) is 89.9 Å². The van der Waals surface area contributed by atoms with Crippen LogP contribution in [0.2, 0.25) is 0 Å². The maximum atomic E-state index is 13.3. The molecule has 3 fully saturated rings. The third-order valence-corrected chi connectivity index (χ3v) is 18.9. The Hall–Kier alpha value is -6.24. The van der Waals surface area contributed by atoms with Crippen LogP contribution in [0.4, 0.5) is 0 Å². The highest BCUT2D eigenvalue weighted by molar-refractivity contribution is 5.80. The molecule has 16 unspecified atom stereocenters. The minimum absolute atomic E-state index is 0.0339. The monoisotopic (exact) mass is 1440 g/mol. The molecular formula is C72H121N5O24. The molecule has 0 radical (unpaired) electrons. The number of esters is 6. The standard InChI is InChI=1S/C72H121N5O24/c1-45-48(4)69(99-59(42-93-51(7)78)66(45)96-54(10)81)90-39-20-15-26-57(84)24-13-18-36-75-64(88)30-33-72(73,32-29-58(85)25-14-19-35-74-62(86)27-16-21-40-91-70-49(5)46(2)67(97-55(11)82)60(100-70)43-94-52(8)79)34-31-65(89)77-38-23-37-76-63(87)28-17-22-41-92-71-50(6)47(3)68(98-56(12)83)61(101-71)44-95-53(9)80/h45-50,59-61,66-71H,13-44,73H2,1-12H3,(H,74,86)(H,75,88)(H,76,87)(H,77,89). The van der Waals surface area contributed by atoms with Crippen LogP contribution in [0.3, 0.4) is 0 Å². The maximum Gasteiger partial charge on any atom is 0.303 e. The highest BCUT2D eigenvalue weighted by Gasteiger charge is 2.47. The van der Waals surface area contributed by atoms with Crippen LogP contribution in [0.5, 0.6) is 0 Å². The first-order valence-corrected chi connectivity index (χ1v) is 36.5. The molecule has 0 aromatic carbocycles. The van der Waals surface area contributed by atoms with Crippen LogP contribution in [-0.4, -0.2) is 198 Å². The third kappa shape index (κ3) is 36.7. The molecule has 578 valence electrons. The van der Waals surface area contributed by atoms with Crippen molar-refractivity contribution in [1.29, 1.82) is 0 Å². The first kappa shape index (κ1) is 89.0. The second-order valence-electron chi connectivity index (χ2n) is 27.5. The van der Waals surface area contributed by atoms with Crippen molar-refractivity contribution in [3.8, 4) is 0 Å². The number of carbonyl (C=O) groups is 12. The Morgan fingerprint density at radius 1 is 0.327 bits per heavy atom. The maximum absolute atomic E-state index is 13.3. The Morgan fingerprint density at radius 2 is 0.594 bits per heavy atom. The lowest BCUT2D eigenvalue weighted by atomic mass is 9.83. The second-order valence-corrected chi connectivity index (χ2v) is 27.5. The zero-order valence-electron chi connectivity index (χ0n) is 62.2. The van der Waals surface area contributed by atoms with E-state index < -0.39 is 96.8 Å². The summed E-state index contributed by atoms with van der Waals surface area (Å²) in [6.07, 6.45) is 2.72. The summed E-state index contributed by atoms with van der Waals surface area (Å²) in [6, 6.07) is 0. The lowest BCUT2D eigenvalue weighted by molar-refractivity contribution is -0.273. The summed E-state index contributed by atoms with van der Waals surface area (Å²) < 4.78 is 68.4. The lowest BCUT2D eigenvalue weighted by Crippen LogP contribution is -2.53. The molecule has 29 nitrogen and oxygen atoms in total. The van der Waals surface area contributed by atoms with Gasteiger partial charge in [0.15, 0.2) is 18.9 Å². The van der Waals surface area contributed by atoms with Gasteiger partial charge >= 0.3 is 35.8 Å². The fourth-order valence-electron chi connectivity index (χ4n) is 12.3. The van der Waals surface area contributed by atoms with Gasteiger partial charge in [-0.3, -0.25) is 57.5 Å². The first-order chi connectivity index (χ1) is 47.9. The number of amides is 4. The van der Waals surface area contributed by atoms with Crippen LogP contribution >= 0.6 is 0 Å². The molecule has 0 aromatic rings. The predicted octanol–water partition coefficient (Wildman–Crippen LogP) is 6.39. The average molecular weight is 1440 g/mol. The Bertz CT molecular complexity index is 2320. The Balaban J connectivity index is 1.41. The van der Waals surface area contributed by atoms with Crippen LogP contribution < -0.4 is 27.0 Å². The molecule has 0 saturated carbocycles. The molecule has 3 saturated heterocycles. The number of hydrogen-bond donors (Lipinski definition) is 5. The number of carbonyl (C=O) groups excluding carboxylic acids is 12. The quantitative estimate of drug-likeness (QED) is 0.0250. The zero-order valence-corrected chi connectivity index (χ0v) is 62.2. The van der Waals surface area contributed by atoms with Gasteiger partial charge in [-0.25, -0.2) is 0 Å². The minimum Gasteiger partial charge on any atom is -0.463 e. The number of rotatable bonds is 50. The van der Waals surface area contributed by atoms with Gasteiger partial charge in [0.25, 0.3) is 0 Å². The highest BCUT2D eigenvalue weighted by atomic mass is 16.7. The van der Waals surface area contributed by atoms with Crippen molar-refractivity contribution in [2.24, 2.45) is 41.2 Å². The van der Waals surface area contributed by atoms with E-state index in [1.807, 2.05) is 41.5 Å². The number of nitrogens with two attached hydrogens (primary N) is 1. The van der Waals surface area contributed by atoms with E-state index in [0.717, 1.165) is 0 Å². The first-order valence-electron chi connectivity index (χ1n) is 36.5. The topological polar surface area (TPSA) is 390 Å². The fourth-order valence-corrected chi connectivity index (χ4v) is 12.3. The van der Waals surface area contributed by atoms with Crippen molar-refractivity contribution in [3.05, 3.63) is 0 Å². The number of nitrogens with one attached hydrogen (secondary N) is 4. The molecule has 6 N–H and O–H groups in total. The number of Topliss-reactive ketones (excluding diaryl/α,β-unsaturated/α-hetero) is 2. The van der Waals surface area contributed by atoms with Crippen molar-refractivity contribution in [1.82, 2.24) is 21.3 Å². The summed E-state index contributed by atoms with van der Waals surface area (Å²) in [4.78, 5) is 148. The summed E-state index contributed by atoms with van der Waals surface area (Å²) in [5, 5.41) is 11.6. The molecule has 4 amide bonds. The molecular weight excluding hydrogens is 1320 g/mol. The highest BCUT2D eigenvalue weighted by Crippen LogP contribution is 2.37. The summed E-state index contributed by atoms with van der Waals surface area (Å²) in [6.45, 7) is 21.4. The second kappa shape index (κ2) is 48.7. The van der Waals surface area contributed by atoms with Crippen molar-refractivity contribution >= 4 is 71.0 Å². The van der Waals surface area contributed by atoms with Crippen LogP contribution in [0.15, 0.2) is 0 Å². The number of ketones is 2. The fraction of sp³-hybridized carbons (Fsp3) is 0.833. The molecule has 0 aliphatic carbocycles. The van der Waals surface area contributed by atoms with Crippen LogP contribution in [-0.2, 0) is 114 Å². The largest absolute Gasteiger partial charge is 0.463 e. The Labute approximate surface area is 596 Å². The normalized spacial score (nSPS) is 25.4. The Morgan fingerprint density at radius 3 is 0.901 bits per heavy atom. The third-order valence-electron chi connectivity index (χ3n) is 18.9. The van der Waals surface area contributed by atoms with Crippen molar-refractivity contribution < 1.29 is 114 Å². The lowest BCUT2D eigenvalue weighted by Gasteiger charge is -2.43. The molecule has 0 aromatic heterocycles. The van der Waals surface area contributed by atoms with Crippen LogP contribution in [0.1, 0.15) is 224 Å². The van der Waals surface area contributed by atoms with Crippen molar-refractivity contribution in [3.63, 3.8) is 0 Å². The predicted molar refractivity (Wildman–Crippen MR) is 366 cm³/mol. The minimum atomic E-state index is -1.04. The summed E-state index contributed by atoms with van der Waals surface area (Å²) in [7, 11) is 0. The van der Waals surface area contributed by atoms with E-state index in [1.54, 1.807) is 0 Å². The van der Waals surface area contributed by atoms with Gasteiger partial charge < -0.3 is 83.8 Å². The number of ether oxygens (including phenoxy) is 12. The van der Waals surface area contributed by atoms with Gasteiger partial charge in [0.2, 0.25) is 23.6 Å². The summed E-state index contributed by atoms with van der Waals surface area (Å²) >= 11 is 0. The summed E-state index contributed by atoms with van der Waals surface area (Å²) in [5.41, 5.74) is 5.92. The molecule has 29 heteroatoms. The van der Waals surface area contributed by atoms with E-state index in [0.29, 0.717) is 123 Å². The van der Waals surface area contributed by atoms with E-state index in [-0.39, 0.29) is 155 Å². The molecule has 3 aliphatic heterocycles. The summed E-state index contributed by atoms with van der Waals surface area (Å²) in [5.74, 6) is -4.42. The average Bonchev–Trinajstić information content (AvgIpc) is 0.822. The Kier molecular flexibility index (Phi) is 42.9. The van der Waals surface area contributed by atoms with E-state index in [4.69, 9.17) is 62.6 Å². The SMILES string of the molecule is CC(=O)OCC1OC(OCCCCC(=O)CCCCNC(=O)CCC(N)(CCC(=O)CCCCNC(=O)CCCCOC2OC(COC(C)=O)C(OC(C)=O)C(C)C2C)CCC(=O)NCCCNC(=O)CCCCOC2OC(COC(C)=O)C(OC(C)=O)C(C)C2C)C(C)C(C)C1OC(C)=O. The van der Waals surface area contributed by atoms with Gasteiger partial charge in [0.05, 0.1) is 0 Å². The number of unbranched alkanes of at least 4 members (excludes halogenated alkanes) is 5. The van der Waals surface area contributed by atoms with Gasteiger partial charge in [0, 0.05) is 180 Å². The molecule has 3 heterocycles. The molecule has 101 heavy (non-hydrogen) atoms. The smallest absolute Gasteiger partial charge is 0.303 e. The molecule has 0 spiro atoms. The van der Waals surface area contributed by atoms with Crippen LogP contribution in [0, 0.1) is 35.5 Å². The van der Waals surface area contributed by atoms with Gasteiger partial charge in [-0.2, -0.15) is 0 Å². The molecule has 3 aliphatic rings. The van der Waals surface area contributed by atoms with Gasteiger partial charge in [0.1, 0.15) is 68.0 Å². The van der Waals surface area contributed by atoms with Crippen molar-refractivity contribution in [2.75, 3.05) is 65.8 Å². The molecule has 3 rings (SSSR count). The van der Waals surface area contributed by atoms with Crippen molar-refractivity contribution in [2.45, 2.75) is 285 Å². The van der Waals surface area contributed by atoms with E-state index >= 15 is 0 Å². The zero-order chi connectivity index (χ0) is 75.0. The molecule has 0 bridgehead atoms. The molecule has 16 atom stereocenters. The van der Waals surface area contributed by atoms with E-state index in [1.165, 1.54) is 41.5 Å². The number of hydrogen-bond acceptors (Lipinski definition) is 25. The van der Waals surface area contributed by atoms with Gasteiger partial charge in [-0.1, -0.05) is 41.5 Å². The van der Waals surface area contributed by atoms with Gasteiger partial charge in [-0.15, -0.1) is 0 Å². The van der Waals surface area contributed by atoms with E-state index in [9.17, 15) is 57.5 Å².